The third kappa shape index (κ3) is 4.11. The highest BCUT2D eigenvalue weighted by Gasteiger charge is 2.30. The van der Waals surface area contributed by atoms with E-state index in [9.17, 15) is 13.2 Å². The number of piperazine rings is 1. The van der Waals surface area contributed by atoms with Gasteiger partial charge in [-0.1, -0.05) is 11.3 Å². The summed E-state index contributed by atoms with van der Waals surface area (Å²) in [4.78, 5) is 25.6. The summed E-state index contributed by atoms with van der Waals surface area (Å²) in [7, 11) is -3.66. The van der Waals surface area contributed by atoms with Gasteiger partial charge in [0.2, 0.25) is 5.91 Å². The van der Waals surface area contributed by atoms with Gasteiger partial charge in [0.05, 0.1) is 6.20 Å². The van der Waals surface area contributed by atoms with Crippen molar-refractivity contribution in [2.45, 2.75) is 11.1 Å². The van der Waals surface area contributed by atoms with E-state index in [1.54, 1.807) is 17.1 Å². The Kier molecular flexibility index (Phi) is 5.25. The first-order chi connectivity index (χ1) is 13.9. The predicted molar refractivity (Wildman–Crippen MR) is 107 cm³/mol. The molecule has 4 rings (SSSR count). The van der Waals surface area contributed by atoms with E-state index in [0.29, 0.717) is 37.8 Å². The molecule has 3 aromatic heterocycles. The maximum absolute atomic E-state index is 12.9. The number of rotatable bonds is 5. The summed E-state index contributed by atoms with van der Waals surface area (Å²) in [5, 5.41) is 6.93. The molecule has 1 aliphatic heterocycles. The number of carbonyl (C=O) groups excluding carboxylic acids is 1. The van der Waals surface area contributed by atoms with Crippen molar-refractivity contribution in [3.8, 4) is 5.82 Å². The SMILES string of the molecule is CC(=O)Nc1ncc(S(=O)(=O)N2CCN(c3cc(-n4cccn4)ncn3)CC2)s1. The minimum atomic E-state index is -3.66. The molecule has 3 aromatic rings. The fourth-order valence-corrected chi connectivity index (χ4v) is 5.57. The number of sulfonamides is 1. The summed E-state index contributed by atoms with van der Waals surface area (Å²) in [5.74, 6) is 1.06. The highest BCUT2D eigenvalue weighted by Crippen LogP contribution is 2.27. The summed E-state index contributed by atoms with van der Waals surface area (Å²) in [5.41, 5.74) is 0. The second kappa shape index (κ2) is 7.85. The second-order valence-corrected chi connectivity index (χ2v) is 9.44. The van der Waals surface area contributed by atoms with Gasteiger partial charge in [0.15, 0.2) is 15.2 Å². The van der Waals surface area contributed by atoms with Crippen molar-refractivity contribution in [3.05, 3.63) is 37.1 Å². The molecule has 0 atom stereocenters. The first-order valence-corrected chi connectivity index (χ1v) is 11.0. The monoisotopic (exact) mass is 434 g/mol. The fourth-order valence-electron chi connectivity index (χ4n) is 2.91. The van der Waals surface area contributed by atoms with Gasteiger partial charge in [-0.05, 0) is 6.07 Å². The molecule has 13 heteroatoms. The lowest BCUT2D eigenvalue weighted by Gasteiger charge is -2.34. The Morgan fingerprint density at radius 1 is 1.14 bits per heavy atom. The lowest BCUT2D eigenvalue weighted by atomic mass is 10.3. The number of nitrogens with zero attached hydrogens (tertiary/aromatic N) is 7. The quantitative estimate of drug-likeness (QED) is 0.618. The average Bonchev–Trinajstić information content (AvgIpc) is 3.40. The van der Waals surface area contributed by atoms with Crippen molar-refractivity contribution >= 4 is 38.2 Å². The third-order valence-corrected chi connectivity index (χ3v) is 7.55. The molecule has 152 valence electrons. The zero-order valence-electron chi connectivity index (χ0n) is 15.5. The Bertz CT molecular complexity index is 1100. The summed E-state index contributed by atoms with van der Waals surface area (Å²) in [6.07, 6.45) is 6.21. The summed E-state index contributed by atoms with van der Waals surface area (Å²) in [6.45, 7) is 2.96. The van der Waals surface area contributed by atoms with Gasteiger partial charge in [-0.3, -0.25) is 4.79 Å². The number of hydrogen-bond acceptors (Lipinski definition) is 9. The minimum absolute atomic E-state index is 0.109. The molecule has 11 nitrogen and oxygen atoms in total. The lowest BCUT2D eigenvalue weighted by molar-refractivity contribution is -0.114. The van der Waals surface area contributed by atoms with Gasteiger partial charge in [-0.15, -0.1) is 0 Å². The lowest BCUT2D eigenvalue weighted by Crippen LogP contribution is -2.48. The van der Waals surface area contributed by atoms with Crippen LogP contribution in [0.3, 0.4) is 0 Å². The third-order valence-electron chi connectivity index (χ3n) is 4.30. The molecule has 1 saturated heterocycles. The Hall–Kier alpha value is -2.90. The molecular weight excluding hydrogens is 416 g/mol. The normalized spacial score (nSPS) is 15.4. The van der Waals surface area contributed by atoms with E-state index in [1.165, 1.54) is 23.8 Å². The number of nitrogens with one attached hydrogen (secondary N) is 1. The zero-order valence-corrected chi connectivity index (χ0v) is 17.1. The topological polar surface area (TPSA) is 126 Å². The summed E-state index contributed by atoms with van der Waals surface area (Å²) in [6, 6.07) is 3.63. The molecular formula is C16H18N8O3S2. The van der Waals surface area contributed by atoms with Crippen molar-refractivity contribution in [1.29, 1.82) is 0 Å². The smallest absolute Gasteiger partial charge is 0.254 e. The maximum Gasteiger partial charge on any atom is 0.254 e. The van der Waals surface area contributed by atoms with Crippen LogP contribution in [0.1, 0.15) is 6.92 Å². The summed E-state index contributed by atoms with van der Waals surface area (Å²) < 4.78 is 28.9. The van der Waals surface area contributed by atoms with Crippen molar-refractivity contribution < 1.29 is 13.2 Å². The highest BCUT2D eigenvalue weighted by atomic mass is 32.2. The Balaban J connectivity index is 1.45. The van der Waals surface area contributed by atoms with Gasteiger partial charge in [0, 0.05) is 51.6 Å². The van der Waals surface area contributed by atoms with E-state index in [-0.39, 0.29) is 15.2 Å². The van der Waals surface area contributed by atoms with Gasteiger partial charge in [-0.2, -0.15) is 9.40 Å². The van der Waals surface area contributed by atoms with E-state index >= 15 is 0 Å². The van der Waals surface area contributed by atoms with Crippen LogP contribution in [0, 0.1) is 0 Å². The van der Waals surface area contributed by atoms with Crippen LogP contribution < -0.4 is 10.2 Å². The largest absolute Gasteiger partial charge is 0.354 e. The molecule has 0 bridgehead atoms. The van der Waals surface area contributed by atoms with Crippen LogP contribution in [0.4, 0.5) is 10.9 Å². The zero-order chi connectivity index (χ0) is 20.4. The van der Waals surface area contributed by atoms with Crippen molar-refractivity contribution in [3.63, 3.8) is 0 Å². The molecule has 4 heterocycles. The Labute approximate surface area is 171 Å². The molecule has 1 N–H and O–H groups in total. The number of amides is 1. The summed E-state index contributed by atoms with van der Waals surface area (Å²) >= 11 is 0.943. The van der Waals surface area contributed by atoms with Crippen LogP contribution in [-0.4, -0.2) is 69.5 Å². The van der Waals surface area contributed by atoms with Crippen LogP contribution in [0.25, 0.3) is 5.82 Å². The number of thiazole rings is 1. The number of hydrogen-bond donors (Lipinski definition) is 1. The molecule has 0 saturated carbocycles. The average molecular weight is 435 g/mol. The second-order valence-electron chi connectivity index (χ2n) is 6.24. The number of anilines is 2. The number of aromatic nitrogens is 5. The first kappa shape index (κ1) is 19.4. The van der Waals surface area contributed by atoms with Crippen molar-refractivity contribution in [1.82, 2.24) is 29.0 Å². The molecule has 29 heavy (non-hydrogen) atoms. The van der Waals surface area contributed by atoms with Crippen molar-refractivity contribution in [2.24, 2.45) is 0 Å². The molecule has 1 aliphatic rings. The molecule has 1 amide bonds. The first-order valence-electron chi connectivity index (χ1n) is 8.74. The van der Waals surface area contributed by atoms with Gasteiger partial charge in [-0.25, -0.2) is 28.1 Å². The minimum Gasteiger partial charge on any atom is -0.354 e. The van der Waals surface area contributed by atoms with Crippen LogP contribution in [0.2, 0.25) is 0 Å². The molecule has 0 aromatic carbocycles. The maximum atomic E-state index is 12.9. The Morgan fingerprint density at radius 3 is 2.59 bits per heavy atom. The van der Waals surface area contributed by atoms with Crippen LogP contribution in [0.15, 0.2) is 41.3 Å². The van der Waals surface area contributed by atoms with Crippen LogP contribution in [0.5, 0.6) is 0 Å². The molecule has 0 spiro atoms. The molecule has 1 fully saturated rings. The van der Waals surface area contributed by atoms with Gasteiger partial charge < -0.3 is 10.2 Å². The van der Waals surface area contributed by atoms with E-state index in [1.807, 2.05) is 17.0 Å². The standard InChI is InChI=1S/C16H18N8O3S2/c1-12(25)21-16-17-10-15(28-16)29(26,27)23-7-5-22(6-8-23)13-9-14(19-11-18-13)24-4-2-3-20-24/h2-4,9-11H,5-8H2,1H3,(H,17,21,25). The van der Waals surface area contributed by atoms with E-state index in [4.69, 9.17) is 0 Å². The van der Waals surface area contributed by atoms with Crippen LogP contribution >= 0.6 is 11.3 Å². The number of carbonyl (C=O) groups is 1. The fraction of sp³-hybridized carbons (Fsp3) is 0.312. The van der Waals surface area contributed by atoms with Crippen molar-refractivity contribution in [2.75, 3.05) is 36.4 Å². The van der Waals surface area contributed by atoms with Gasteiger partial charge in [0.25, 0.3) is 10.0 Å². The van der Waals surface area contributed by atoms with E-state index < -0.39 is 10.0 Å². The molecule has 0 aliphatic carbocycles. The Morgan fingerprint density at radius 2 is 1.90 bits per heavy atom. The van der Waals surface area contributed by atoms with E-state index in [0.717, 1.165) is 11.3 Å². The molecule has 0 radical (unpaired) electrons. The van der Waals surface area contributed by atoms with Crippen LogP contribution in [-0.2, 0) is 14.8 Å². The van der Waals surface area contributed by atoms with E-state index in [2.05, 4.69) is 25.4 Å². The molecule has 0 unspecified atom stereocenters. The predicted octanol–water partition coefficient (Wildman–Crippen LogP) is 0.588. The highest BCUT2D eigenvalue weighted by molar-refractivity contribution is 7.91. The van der Waals surface area contributed by atoms with Gasteiger partial charge >= 0.3 is 0 Å². The van der Waals surface area contributed by atoms with Gasteiger partial charge in [0.1, 0.15) is 12.1 Å².